The summed E-state index contributed by atoms with van der Waals surface area (Å²) in [7, 11) is 0. The number of nitrogens with zero attached hydrogens (tertiary/aromatic N) is 1. The van der Waals surface area contributed by atoms with Gasteiger partial charge in [-0.15, -0.1) is 0 Å². The molecule has 0 bridgehead atoms. The van der Waals surface area contributed by atoms with Crippen LogP contribution in [-0.4, -0.2) is 35.6 Å². The Bertz CT molecular complexity index is 1050. The number of aryl methyl sites for hydroxylation is 1. The number of carbonyl (C=O) groups excluding carboxylic acids is 2. The number of amides is 2. The van der Waals surface area contributed by atoms with Gasteiger partial charge in [0.25, 0.3) is 11.8 Å². The molecule has 1 aliphatic carbocycles. The molecule has 0 saturated carbocycles. The molecule has 1 heterocycles. The first-order chi connectivity index (χ1) is 14.6. The highest BCUT2D eigenvalue weighted by molar-refractivity contribution is 6.30. The Balaban J connectivity index is 1.42. The first-order valence-corrected chi connectivity index (χ1v) is 10.0. The fourth-order valence-electron chi connectivity index (χ4n) is 3.00. The van der Waals surface area contributed by atoms with E-state index in [1.807, 2.05) is 6.92 Å². The Hall–Kier alpha value is -2.84. The zero-order valence-corrected chi connectivity index (χ0v) is 18.3. The van der Waals surface area contributed by atoms with Crippen LogP contribution in [0.5, 0.6) is 11.5 Å². The van der Waals surface area contributed by atoms with E-state index in [0.717, 1.165) is 11.6 Å². The SMILES string of the molecule is Cc1cc(Cl)ncc1OCC(=O)NC1=CC(C)(NC(=O)COc2ccc(Cl)c(F)c2)C1. The summed E-state index contributed by atoms with van der Waals surface area (Å²) in [6.45, 7) is 3.14. The Morgan fingerprint density at radius 3 is 2.58 bits per heavy atom. The zero-order chi connectivity index (χ0) is 22.6. The molecule has 2 aromatic rings. The van der Waals surface area contributed by atoms with E-state index >= 15 is 0 Å². The van der Waals surface area contributed by atoms with Gasteiger partial charge < -0.3 is 20.1 Å². The van der Waals surface area contributed by atoms with Crippen molar-refractivity contribution in [2.75, 3.05) is 13.2 Å². The van der Waals surface area contributed by atoms with Crippen LogP contribution in [0, 0.1) is 12.7 Å². The third kappa shape index (κ3) is 6.32. The van der Waals surface area contributed by atoms with Crippen LogP contribution in [0.3, 0.4) is 0 Å². The van der Waals surface area contributed by atoms with Crippen molar-refractivity contribution in [1.29, 1.82) is 0 Å². The van der Waals surface area contributed by atoms with Crippen LogP contribution in [0.25, 0.3) is 0 Å². The second kappa shape index (κ2) is 9.53. The number of hydrogen-bond acceptors (Lipinski definition) is 5. The van der Waals surface area contributed by atoms with Gasteiger partial charge in [0.05, 0.1) is 16.8 Å². The molecule has 10 heteroatoms. The summed E-state index contributed by atoms with van der Waals surface area (Å²) < 4.78 is 24.1. The monoisotopic (exact) mass is 467 g/mol. The number of carbonyl (C=O) groups is 2. The van der Waals surface area contributed by atoms with Crippen molar-refractivity contribution >= 4 is 35.0 Å². The lowest BCUT2D eigenvalue weighted by atomic mass is 9.84. The van der Waals surface area contributed by atoms with Crippen molar-refractivity contribution in [2.24, 2.45) is 0 Å². The summed E-state index contributed by atoms with van der Waals surface area (Å²) in [5.74, 6) is -0.666. The van der Waals surface area contributed by atoms with Gasteiger partial charge in [0.2, 0.25) is 0 Å². The van der Waals surface area contributed by atoms with Crippen LogP contribution in [0.1, 0.15) is 18.9 Å². The molecule has 0 aliphatic heterocycles. The quantitative estimate of drug-likeness (QED) is 0.579. The van der Waals surface area contributed by atoms with E-state index in [4.69, 9.17) is 32.7 Å². The van der Waals surface area contributed by atoms with Gasteiger partial charge in [-0.3, -0.25) is 9.59 Å². The molecular weight excluding hydrogens is 448 g/mol. The summed E-state index contributed by atoms with van der Waals surface area (Å²) >= 11 is 11.4. The second-order valence-corrected chi connectivity index (χ2v) is 8.08. The maximum Gasteiger partial charge on any atom is 0.262 e. The number of pyridine rings is 1. The standard InChI is InChI=1S/C21H20Cl2FN3O4/c1-12-5-18(23)25-9-17(12)31-10-19(28)26-13-7-21(2,8-13)27-20(29)11-30-14-3-4-15(22)16(24)6-14/h3-7,9H,8,10-11H2,1-2H3,(H,26,28)(H,27,29). The van der Waals surface area contributed by atoms with Gasteiger partial charge in [0.15, 0.2) is 13.2 Å². The number of benzene rings is 1. The Kier molecular flexibility index (Phi) is 7.02. The predicted octanol–water partition coefficient (Wildman–Crippen LogP) is 3.57. The Labute approximate surface area is 188 Å². The van der Waals surface area contributed by atoms with E-state index in [2.05, 4.69) is 15.6 Å². The molecule has 31 heavy (non-hydrogen) atoms. The van der Waals surface area contributed by atoms with Gasteiger partial charge in [-0.05, 0) is 43.7 Å². The van der Waals surface area contributed by atoms with Crippen molar-refractivity contribution in [1.82, 2.24) is 15.6 Å². The number of aromatic nitrogens is 1. The maximum absolute atomic E-state index is 13.4. The lowest BCUT2D eigenvalue weighted by Gasteiger charge is -2.37. The van der Waals surface area contributed by atoms with E-state index in [0.29, 0.717) is 23.0 Å². The minimum Gasteiger partial charge on any atom is -0.484 e. The molecule has 1 atom stereocenters. The van der Waals surface area contributed by atoms with Gasteiger partial charge in [-0.25, -0.2) is 9.37 Å². The van der Waals surface area contributed by atoms with Crippen LogP contribution >= 0.6 is 23.2 Å². The molecule has 1 unspecified atom stereocenters. The highest BCUT2D eigenvalue weighted by atomic mass is 35.5. The summed E-state index contributed by atoms with van der Waals surface area (Å²) in [6, 6.07) is 5.58. The third-order valence-corrected chi connectivity index (χ3v) is 4.94. The summed E-state index contributed by atoms with van der Waals surface area (Å²) in [6.07, 6.45) is 3.63. The predicted molar refractivity (Wildman–Crippen MR) is 114 cm³/mol. The third-order valence-electron chi connectivity index (χ3n) is 4.42. The van der Waals surface area contributed by atoms with Crippen LogP contribution in [-0.2, 0) is 9.59 Å². The van der Waals surface area contributed by atoms with Crippen molar-refractivity contribution in [3.05, 3.63) is 63.8 Å². The zero-order valence-electron chi connectivity index (χ0n) is 16.8. The summed E-state index contributed by atoms with van der Waals surface area (Å²) in [5, 5.41) is 5.85. The molecular formula is C21H20Cl2FN3O4. The lowest BCUT2D eigenvalue weighted by Crippen LogP contribution is -2.53. The fraction of sp³-hybridized carbons (Fsp3) is 0.286. The van der Waals surface area contributed by atoms with Crippen molar-refractivity contribution in [3.8, 4) is 11.5 Å². The number of ether oxygens (including phenoxy) is 2. The van der Waals surface area contributed by atoms with Crippen LogP contribution < -0.4 is 20.1 Å². The smallest absolute Gasteiger partial charge is 0.262 e. The first-order valence-electron chi connectivity index (χ1n) is 9.29. The van der Waals surface area contributed by atoms with Gasteiger partial charge in [0, 0.05) is 18.2 Å². The van der Waals surface area contributed by atoms with E-state index in [9.17, 15) is 14.0 Å². The van der Waals surface area contributed by atoms with Crippen molar-refractivity contribution < 1.29 is 23.5 Å². The van der Waals surface area contributed by atoms with Crippen LogP contribution in [0.15, 0.2) is 42.2 Å². The number of hydrogen-bond donors (Lipinski definition) is 2. The molecule has 2 amide bonds. The van der Waals surface area contributed by atoms with E-state index in [-0.39, 0.29) is 35.8 Å². The van der Waals surface area contributed by atoms with E-state index in [1.165, 1.54) is 18.3 Å². The summed E-state index contributed by atoms with van der Waals surface area (Å²) in [4.78, 5) is 28.1. The molecule has 2 N–H and O–H groups in total. The number of halogens is 3. The van der Waals surface area contributed by atoms with E-state index < -0.39 is 11.4 Å². The molecule has 1 aliphatic rings. The topological polar surface area (TPSA) is 89.5 Å². The van der Waals surface area contributed by atoms with Crippen LogP contribution in [0.2, 0.25) is 10.2 Å². The van der Waals surface area contributed by atoms with Gasteiger partial charge in [-0.2, -0.15) is 0 Å². The van der Waals surface area contributed by atoms with E-state index in [1.54, 1.807) is 19.1 Å². The first kappa shape index (κ1) is 22.8. The highest BCUT2D eigenvalue weighted by Crippen LogP contribution is 2.28. The average molecular weight is 468 g/mol. The van der Waals surface area contributed by atoms with Gasteiger partial charge >= 0.3 is 0 Å². The van der Waals surface area contributed by atoms with Crippen LogP contribution in [0.4, 0.5) is 4.39 Å². The summed E-state index contributed by atoms with van der Waals surface area (Å²) in [5.41, 5.74) is 0.823. The largest absolute Gasteiger partial charge is 0.484 e. The molecule has 0 saturated heterocycles. The Morgan fingerprint density at radius 1 is 1.19 bits per heavy atom. The number of nitrogens with one attached hydrogen (secondary N) is 2. The lowest BCUT2D eigenvalue weighted by molar-refractivity contribution is -0.124. The molecule has 0 radical (unpaired) electrons. The fourth-order valence-corrected chi connectivity index (χ4v) is 3.33. The minimum atomic E-state index is -0.625. The average Bonchev–Trinajstić information content (AvgIpc) is 2.67. The van der Waals surface area contributed by atoms with Crippen molar-refractivity contribution in [3.63, 3.8) is 0 Å². The molecule has 164 valence electrons. The normalized spacial score (nSPS) is 17.3. The second-order valence-electron chi connectivity index (χ2n) is 7.29. The molecule has 0 fully saturated rings. The minimum absolute atomic E-state index is 0.0242. The van der Waals surface area contributed by atoms with Gasteiger partial charge in [-0.1, -0.05) is 23.2 Å². The number of rotatable bonds is 8. The molecule has 0 spiro atoms. The van der Waals surface area contributed by atoms with Crippen molar-refractivity contribution in [2.45, 2.75) is 25.8 Å². The molecule has 1 aromatic heterocycles. The highest BCUT2D eigenvalue weighted by Gasteiger charge is 2.34. The molecule has 7 nitrogen and oxygen atoms in total. The molecule has 1 aromatic carbocycles. The maximum atomic E-state index is 13.4. The molecule has 3 rings (SSSR count). The Morgan fingerprint density at radius 2 is 1.90 bits per heavy atom. The van der Waals surface area contributed by atoms with Gasteiger partial charge in [0.1, 0.15) is 22.5 Å².